The Bertz CT molecular complexity index is 705. The Hall–Kier alpha value is -1.25. The molecule has 0 spiro atoms. The van der Waals surface area contributed by atoms with Gasteiger partial charge in [-0.1, -0.05) is 36.8 Å². The molecule has 1 unspecified atom stereocenters. The number of carboxylic acid groups (broad SMARTS) is 1. The second-order valence-electron chi connectivity index (χ2n) is 7.85. The number of aliphatic hydroxyl groups is 1. The second kappa shape index (κ2) is 11.8. The lowest BCUT2D eigenvalue weighted by Crippen LogP contribution is -2.23. The van der Waals surface area contributed by atoms with Gasteiger partial charge in [0.05, 0.1) is 12.3 Å². The van der Waals surface area contributed by atoms with E-state index < -0.39 is 11.6 Å². The zero-order chi connectivity index (χ0) is 21.3. The Balaban J connectivity index is 1.78. The molecular weight excluding hydrogens is 413 g/mol. The molecule has 162 valence electrons. The van der Waals surface area contributed by atoms with Gasteiger partial charge >= 0.3 is 5.97 Å². The minimum absolute atomic E-state index is 0.0211. The SMILES string of the molecule is CC(O)(C/C=C/[C@H]1CCC(=O)[C@@H]1CCSc1nc(C(=O)O)cs1)CCCCCF. The summed E-state index contributed by atoms with van der Waals surface area (Å²) in [6.07, 6.45) is 9.55. The van der Waals surface area contributed by atoms with Crippen LogP contribution >= 0.6 is 23.1 Å². The first kappa shape index (κ1) is 24.0. The summed E-state index contributed by atoms with van der Waals surface area (Å²) in [5, 5.41) is 20.9. The molecular formula is C21H30FNO4S2. The standard InChI is InChI=1S/C21H30FNO4S2/c1-21(27,10-3-2-4-12-22)11-5-6-15-7-8-18(24)16(15)9-13-28-20-23-17(14-29-20)19(25)26/h5-6,14-16,27H,2-4,7-13H2,1H3,(H,25,26)/b6-5+/t15-,16+,21?/m0/s1. The fourth-order valence-corrected chi connectivity index (χ4v) is 5.50. The lowest BCUT2D eigenvalue weighted by molar-refractivity contribution is -0.121. The van der Waals surface area contributed by atoms with Crippen LogP contribution in [0.2, 0.25) is 0 Å². The number of carboxylic acids is 1. The van der Waals surface area contributed by atoms with Crippen molar-refractivity contribution in [2.45, 2.75) is 68.2 Å². The minimum atomic E-state index is -1.03. The largest absolute Gasteiger partial charge is 0.476 e. The van der Waals surface area contributed by atoms with Gasteiger partial charge in [-0.3, -0.25) is 9.18 Å². The van der Waals surface area contributed by atoms with Gasteiger partial charge in [-0.25, -0.2) is 9.78 Å². The smallest absolute Gasteiger partial charge is 0.355 e. The molecule has 2 rings (SSSR count). The molecule has 1 aliphatic rings. The Morgan fingerprint density at radius 1 is 1.45 bits per heavy atom. The van der Waals surface area contributed by atoms with Crippen molar-refractivity contribution in [2.24, 2.45) is 11.8 Å². The Kier molecular flexibility index (Phi) is 9.79. The van der Waals surface area contributed by atoms with Crippen molar-refractivity contribution in [3.05, 3.63) is 23.2 Å². The highest BCUT2D eigenvalue weighted by Gasteiger charge is 2.32. The van der Waals surface area contributed by atoms with Crippen LogP contribution in [-0.2, 0) is 4.79 Å². The summed E-state index contributed by atoms with van der Waals surface area (Å²) in [4.78, 5) is 27.2. The van der Waals surface area contributed by atoms with Crippen LogP contribution in [0, 0.1) is 11.8 Å². The number of carbonyl (C=O) groups excluding carboxylic acids is 1. The van der Waals surface area contributed by atoms with Gasteiger partial charge in [0.25, 0.3) is 0 Å². The van der Waals surface area contributed by atoms with E-state index in [9.17, 15) is 19.1 Å². The van der Waals surface area contributed by atoms with Gasteiger partial charge in [0.2, 0.25) is 0 Å². The number of Topliss-reactive ketones (excluding diaryl/α,β-unsaturated/α-hetero) is 1. The Morgan fingerprint density at radius 2 is 2.24 bits per heavy atom. The summed E-state index contributed by atoms with van der Waals surface area (Å²) in [7, 11) is 0. The average Bonchev–Trinajstić information content (AvgIpc) is 3.27. The molecule has 0 aliphatic heterocycles. The Morgan fingerprint density at radius 3 is 2.93 bits per heavy atom. The first-order chi connectivity index (χ1) is 13.8. The van der Waals surface area contributed by atoms with Crippen molar-refractivity contribution >= 4 is 34.9 Å². The fourth-order valence-electron chi connectivity index (χ4n) is 3.61. The third-order valence-electron chi connectivity index (χ3n) is 5.30. The number of unbranched alkanes of at least 4 members (excludes halogenated alkanes) is 2. The third kappa shape index (κ3) is 8.18. The maximum absolute atomic E-state index is 12.3. The predicted molar refractivity (Wildman–Crippen MR) is 114 cm³/mol. The van der Waals surface area contributed by atoms with Crippen molar-refractivity contribution in [1.29, 1.82) is 0 Å². The Labute approximate surface area is 179 Å². The third-order valence-corrected chi connectivity index (χ3v) is 7.36. The predicted octanol–water partition coefficient (Wildman–Crippen LogP) is 5.15. The zero-order valence-electron chi connectivity index (χ0n) is 16.8. The number of thiazole rings is 1. The molecule has 29 heavy (non-hydrogen) atoms. The zero-order valence-corrected chi connectivity index (χ0v) is 18.4. The van der Waals surface area contributed by atoms with E-state index in [2.05, 4.69) is 11.1 Å². The number of aromatic carboxylic acids is 1. The number of alkyl halides is 1. The van der Waals surface area contributed by atoms with Gasteiger partial charge in [-0.15, -0.1) is 11.3 Å². The first-order valence-corrected chi connectivity index (χ1v) is 12.0. The number of halogens is 1. The number of rotatable bonds is 13. The van der Waals surface area contributed by atoms with E-state index in [0.29, 0.717) is 30.0 Å². The van der Waals surface area contributed by atoms with Crippen molar-refractivity contribution in [3.63, 3.8) is 0 Å². The number of hydrogen-bond donors (Lipinski definition) is 2. The van der Waals surface area contributed by atoms with Crippen molar-refractivity contribution in [1.82, 2.24) is 4.98 Å². The molecule has 0 amide bonds. The number of nitrogens with zero attached hydrogens (tertiary/aromatic N) is 1. The summed E-state index contributed by atoms with van der Waals surface area (Å²) in [6, 6.07) is 0. The molecule has 5 nitrogen and oxygen atoms in total. The van der Waals surface area contributed by atoms with E-state index in [1.54, 1.807) is 6.92 Å². The molecule has 3 atom stereocenters. The van der Waals surface area contributed by atoms with E-state index in [1.165, 1.54) is 28.5 Å². The lowest BCUT2D eigenvalue weighted by Gasteiger charge is -2.22. The monoisotopic (exact) mass is 443 g/mol. The van der Waals surface area contributed by atoms with Gasteiger partial charge in [-0.2, -0.15) is 0 Å². The summed E-state index contributed by atoms with van der Waals surface area (Å²) < 4.78 is 12.9. The van der Waals surface area contributed by atoms with Crippen LogP contribution in [0.1, 0.15) is 68.8 Å². The lowest BCUT2D eigenvalue weighted by atomic mass is 9.90. The summed E-state index contributed by atoms with van der Waals surface area (Å²) >= 11 is 2.80. The number of allylic oxidation sites excluding steroid dienone is 1. The van der Waals surface area contributed by atoms with Crippen LogP contribution in [0.25, 0.3) is 0 Å². The van der Waals surface area contributed by atoms with Crippen molar-refractivity contribution in [2.75, 3.05) is 12.4 Å². The molecule has 0 radical (unpaired) electrons. The summed E-state index contributed by atoms with van der Waals surface area (Å²) in [5.74, 6) is 0.147. The van der Waals surface area contributed by atoms with Gasteiger partial charge in [0.15, 0.2) is 10.0 Å². The van der Waals surface area contributed by atoms with Crippen LogP contribution in [0.15, 0.2) is 21.9 Å². The molecule has 1 aromatic rings. The number of ketones is 1. The van der Waals surface area contributed by atoms with Gasteiger partial charge in [0.1, 0.15) is 5.78 Å². The van der Waals surface area contributed by atoms with Gasteiger partial charge in [0, 0.05) is 23.5 Å². The minimum Gasteiger partial charge on any atom is -0.476 e. The van der Waals surface area contributed by atoms with E-state index in [1.807, 2.05) is 6.08 Å². The number of thioether (sulfide) groups is 1. The van der Waals surface area contributed by atoms with Crippen molar-refractivity contribution in [3.8, 4) is 0 Å². The highest BCUT2D eigenvalue weighted by molar-refractivity contribution is 8.01. The second-order valence-corrected chi connectivity index (χ2v) is 10.0. The fraction of sp³-hybridized carbons (Fsp3) is 0.667. The number of aromatic nitrogens is 1. The van der Waals surface area contributed by atoms with Crippen LogP contribution in [-0.4, -0.2) is 45.0 Å². The van der Waals surface area contributed by atoms with E-state index in [0.717, 1.165) is 31.4 Å². The summed E-state index contributed by atoms with van der Waals surface area (Å²) in [5.41, 5.74) is -0.736. The van der Waals surface area contributed by atoms with Crippen LogP contribution in [0.5, 0.6) is 0 Å². The normalized spacial score (nSPS) is 21.7. The molecule has 0 saturated heterocycles. The van der Waals surface area contributed by atoms with Gasteiger partial charge < -0.3 is 10.2 Å². The molecule has 1 aromatic heterocycles. The number of hydrogen-bond acceptors (Lipinski definition) is 6. The highest BCUT2D eigenvalue weighted by Crippen LogP contribution is 2.35. The molecule has 1 heterocycles. The van der Waals surface area contributed by atoms with Crippen molar-refractivity contribution < 1.29 is 24.2 Å². The van der Waals surface area contributed by atoms with E-state index in [-0.39, 0.29) is 30.0 Å². The molecule has 1 saturated carbocycles. The molecule has 1 fully saturated rings. The molecule has 8 heteroatoms. The van der Waals surface area contributed by atoms with Crippen LogP contribution < -0.4 is 0 Å². The van der Waals surface area contributed by atoms with Crippen LogP contribution in [0.4, 0.5) is 4.39 Å². The quantitative estimate of drug-likeness (QED) is 0.249. The van der Waals surface area contributed by atoms with Gasteiger partial charge in [-0.05, 0) is 44.9 Å². The molecule has 0 aromatic carbocycles. The van der Waals surface area contributed by atoms with E-state index in [4.69, 9.17) is 5.11 Å². The molecule has 1 aliphatic carbocycles. The first-order valence-electron chi connectivity index (χ1n) is 10.1. The molecule has 2 N–H and O–H groups in total. The van der Waals surface area contributed by atoms with Crippen LogP contribution in [0.3, 0.4) is 0 Å². The summed E-state index contributed by atoms with van der Waals surface area (Å²) in [6.45, 7) is 1.50. The number of carbonyl (C=O) groups is 2. The maximum Gasteiger partial charge on any atom is 0.355 e. The molecule has 0 bridgehead atoms. The topological polar surface area (TPSA) is 87.5 Å². The van der Waals surface area contributed by atoms with E-state index >= 15 is 0 Å². The average molecular weight is 444 g/mol. The maximum atomic E-state index is 12.3. The highest BCUT2D eigenvalue weighted by atomic mass is 32.2.